The fraction of sp³-hybridized carbons (Fsp3) is 0.375. The van der Waals surface area contributed by atoms with Crippen LogP contribution < -0.4 is 0 Å². The lowest BCUT2D eigenvalue weighted by Crippen LogP contribution is -2.20. The molecule has 112 valence electrons. The first-order chi connectivity index (χ1) is 9.88. The summed E-state index contributed by atoms with van der Waals surface area (Å²) in [4.78, 5) is 11.6. The molecule has 1 atom stereocenters. The van der Waals surface area contributed by atoms with Gasteiger partial charge in [-0.2, -0.15) is 5.10 Å². The van der Waals surface area contributed by atoms with Crippen molar-refractivity contribution in [3.63, 3.8) is 0 Å². The number of aromatic nitrogens is 2. The van der Waals surface area contributed by atoms with Gasteiger partial charge in [-0.3, -0.25) is 9.48 Å². The summed E-state index contributed by atoms with van der Waals surface area (Å²) in [6.07, 6.45) is 0.981. The van der Waals surface area contributed by atoms with Gasteiger partial charge >= 0.3 is 5.97 Å². The van der Waals surface area contributed by atoms with Gasteiger partial charge in [0.2, 0.25) is 0 Å². The van der Waals surface area contributed by atoms with E-state index in [2.05, 4.69) is 21.0 Å². The van der Waals surface area contributed by atoms with Crippen molar-refractivity contribution >= 4 is 21.9 Å². The SMILES string of the molecule is Cc1cccc(CC(Cc2c(Br)c(C)nn2C)C(=O)O)c1. The van der Waals surface area contributed by atoms with Crippen molar-refractivity contribution in [1.29, 1.82) is 0 Å². The van der Waals surface area contributed by atoms with E-state index in [1.54, 1.807) is 4.68 Å². The van der Waals surface area contributed by atoms with Crippen LogP contribution in [0, 0.1) is 19.8 Å². The van der Waals surface area contributed by atoms with Crippen LogP contribution in [0.2, 0.25) is 0 Å². The zero-order valence-electron chi connectivity index (χ0n) is 12.4. The third-order valence-electron chi connectivity index (χ3n) is 3.62. The van der Waals surface area contributed by atoms with Crippen LogP contribution in [0.1, 0.15) is 22.5 Å². The van der Waals surface area contributed by atoms with Crippen LogP contribution >= 0.6 is 15.9 Å². The summed E-state index contributed by atoms with van der Waals surface area (Å²) in [7, 11) is 1.85. The molecule has 0 spiro atoms. The van der Waals surface area contributed by atoms with Crippen molar-refractivity contribution in [1.82, 2.24) is 9.78 Å². The second-order valence-corrected chi connectivity index (χ2v) is 6.20. The maximum absolute atomic E-state index is 11.6. The minimum Gasteiger partial charge on any atom is -0.481 e. The van der Waals surface area contributed by atoms with Gasteiger partial charge in [0, 0.05) is 13.5 Å². The Bertz CT molecular complexity index is 664. The van der Waals surface area contributed by atoms with E-state index in [1.807, 2.05) is 45.2 Å². The minimum absolute atomic E-state index is 0.460. The highest BCUT2D eigenvalue weighted by molar-refractivity contribution is 9.10. The van der Waals surface area contributed by atoms with Gasteiger partial charge < -0.3 is 5.11 Å². The van der Waals surface area contributed by atoms with Crippen LogP contribution in [-0.2, 0) is 24.7 Å². The first kappa shape index (κ1) is 15.8. The van der Waals surface area contributed by atoms with Crippen LogP contribution in [0.5, 0.6) is 0 Å². The summed E-state index contributed by atoms with van der Waals surface area (Å²) < 4.78 is 2.66. The molecule has 0 radical (unpaired) electrons. The van der Waals surface area contributed by atoms with Crippen molar-refractivity contribution in [2.24, 2.45) is 13.0 Å². The number of carbonyl (C=O) groups is 1. The third kappa shape index (κ3) is 3.73. The molecule has 2 aromatic rings. The molecule has 2 rings (SSSR count). The highest BCUT2D eigenvalue weighted by Gasteiger charge is 2.22. The van der Waals surface area contributed by atoms with E-state index in [1.165, 1.54) is 0 Å². The Morgan fingerprint density at radius 1 is 1.38 bits per heavy atom. The smallest absolute Gasteiger partial charge is 0.307 e. The highest BCUT2D eigenvalue weighted by Crippen LogP contribution is 2.24. The fourth-order valence-electron chi connectivity index (χ4n) is 2.51. The minimum atomic E-state index is -0.776. The van der Waals surface area contributed by atoms with Gasteiger partial charge in [-0.25, -0.2) is 0 Å². The summed E-state index contributed by atoms with van der Waals surface area (Å²) in [5.41, 5.74) is 4.01. The molecule has 0 fully saturated rings. The molecule has 0 amide bonds. The Morgan fingerprint density at radius 2 is 2.10 bits per heavy atom. The van der Waals surface area contributed by atoms with E-state index < -0.39 is 11.9 Å². The van der Waals surface area contributed by atoms with Gasteiger partial charge in [0.15, 0.2) is 0 Å². The summed E-state index contributed by atoms with van der Waals surface area (Å²) in [5, 5.41) is 13.8. The molecule has 21 heavy (non-hydrogen) atoms. The fourth-order valence-corrected chi connectivity index (χ4v) is 3.00. The number of hydrogen-bond acceptors (Lipinski definition) is 2. The van der Waals surface area contributed by atoms with Gasteiger partial charge in [-0.1, -0.05) is 29.8 Å². The maximum atomic E-state index is 11.6. The molecule has 1 heterocycles. The number of aliphatic carboxylic acids is 1. The summed E-state index contributed by atoms with van der Waals surface area (Å²) in [6.45, 7) is 3.92. The second kappa shape index (κ2) is 6.43. The number of hydrogen-bond donors (Lipinski definition) is 1. The normalized spacial score (nSPS) is 12.4. The number of aryl methyl sites for hydroxylation is 3. The van der Waals surface area contributed by atoms with E-state index in [9.17, 15) is 9.90 Å². The topological polar surface area (TPSA) is 55.1 Å². The van der Waals surface area contributed by atoms with Gasteiger partial charge in [-0.05, 0) is 41.8 Å². The Balaban J connectivity index is 2.22. The zero-order valence-corrected chi connectivity index (χ0v) is 14.0. The number of carboxylic acids is 1. The predicted molar refractivity (Wildman–Crippen MR) is 85.4 cm³/mol. The number of rotatable bonds is 5. The first-order valence-corrected chi connectivity index (χ1v) is 7.64. The molecule has 4 nitrogen and oxygen atoms in total. The molecule has 1 N–H and O–H groups in total. The molecule has 0 bridgehead atoms. The average Bonchev–Trinajstić information content (AvgIpc) is 2.64. The molecule has 1 aromatic carbocycles. The Labute approximate surface area is 132 Å². The van der Waals surface area contributed by atoms with Gasteiger partial charge in [0.05, 0.1) is 21.8 Å². The van der Waals surface area contributed by atoms with Crippen molar-refractivity contribution in [3.8, 4) is 0 Å². The number of nitrogens with zero attached hydrogens (tertiary/aromatic N) is 2. The van der Waals surface area contributed by atoms with Gasteiger partial charge in [-0.15, -0.1) is 0 Å². The molecule has 1 aromatic heterocycles. The molecule has 1 unspecified atom stereocenters. The monoisotopic (exact) mass is 350 g/mol. The average molecular weight is 351 g/mol. The van der Waals surface area contributed by atoms with Crippen LogP contribution in [0.15, 0.2) is 28.7 Å². The van der Waals surface area contributed by atoms with E-state index in [0.29, 0.717) is 12.8 Å². The summed E-state index contributed by atoms with van der Waals surface area (Å²) in [5.74, 6) is -1.24. The number of halogens is 1. The number of carboxylic acid groups (broad SMARTS) is 1. The molecule has 0 aliphatic rings. The predicted octanol–water partition coefficient (Wildman–Crippen LogP) is 3.29. The molecular weight excluding hydrogens is 332 g/mol. The molecule has 0 aliphatic heterocycles. The Hall–Kier alpha value is -1.62. The highest BCUT2D eigenvalue weighted by atomic mass is 79.9. The summed E-state index contributed by atoms with van der Waals surface area (Å²) >= 11 is 3.50. The van der Waals surface area contributed by atoms with Crippen molar-refractivity contribution in [3.05, 3.63) is 51.3 Å². The van der Waals surface area contributed by atoms with E-state index in [-0.39, 0.29) is 0 Å². The summed E-state index contributed by atoms with van der Waals surface area (Å²) in [6, 6.07) is 8.00. The quantitative estimate of drug-likeness (QED) is 0.899. The van der Waals surface area contributed by atoms with Crippen LogP contribution in [0.4, 0.5) is 0 Å². The van der Waals surface area contributed by atoms with Crippen molar-refractivity contribution < 1.29 is 9.90 Å². The molecule has 0 aliphatic carbocycles. The van der Waals surface area contributed by atoms with Crippen LogP contribution in [0.3, 0.4) is 0 Å². The van der Waals surface area contributed by atoms with E-state index >= 15 is 0 Å². The Morgan fingerprint density at radius 3 is 2.62 bits per heavy atom. The maximum Gasteiger partial charge on any atom is 0.307 e. The van der Waals surface area contributed by atoms with E-state index in [0.717, 1.165) is 27.0 Å². The lowest BCUT2D eigenvalue weighted by molar-refractivity contribution is -0.141. The van der Waals surface area contributed by atoms with E-state index in [4.69, 9.17) is 0 Å². The number of benzene rings is 1. The van der Waals surface area contributed by atoms with Crippen LogP contribution in [0.25, 0.3) is 0 Å². The van der Waals surface area contributed by atoms with Crippen molar-refractivity contribution in [2.45, 2.75) is 26.7 Å². The van der Waals surface area contributed by atoms with Gasteiger partial charge in [0.25, 0.3) is 0 Å². The van der Waals surface area contributed by atoms with Crippen molar-refractivity contribution in [2.75, 3.05) is 0 Å². The lowest BCUT2D eigenvalue weighted by Gasteiger charge is -2.13. The third-order valence-corrected chi connectivity index (χ3v) is 4.65. The molecule has 0 saturated heterocycles. The molecule has 0 saturated carbocycles. The van der Waals surface area contributed by atoms with Gasteiger partial charge in [0.1, 0.15) is 0 Å². The lowest BCUT2D eigenvalue weighted by atomic mass is 9.94. The largest absolute Gasteiger partial charge is 0.481 e. The second-order valence-electron chi connectivity index (χ2n) is 5.40. The van der Waals surface area contributed by atoms with Crippen LogP contribution in [-0.4, -0.2) is 20.9 Å². The Kier molecular flexibility index (Phi) is 4.83. The first-order valence-electron chi connectivity index (χ1n) is 6.84. The zero-order chi connectivity index (χ0) is 15.6. The molecule has 5 heteroatoms. The standard InChI is InChI=1S/C16H19BrN2O2/c1-10-5-4-6-12(7-10)8-13(16(20)21)9-14-15(17)11(2)18-19(14)3/h4-7,13H,8-9H2,1-3H3,(H,20,21). The molecular formula is C16H19BrN2O2.